The minimum Gasteiger partial charge on any atom is -0.492 e. The van der Waals surface area contributed by atoms with Crippen LogP contribution in [0.5, 0.6) is 0 Å². The Morgan fingerprint density at radius 1 is 1.48 bits per heavy atom. The van der Waals surface area contributed by atoms with E-state index in [1.807, 2.05) is 0 Å². The molecule has 0 bridgehead atoms. The summed E-state index contributed by atoms with van der Waals surface area (Å²) < 4.78 is 19.9. The van der Waals surface area contributed by atoms with Crippen LogP contribution in [0.15, 0.2) is 17.9 Å². The van der Waals surface area contributed by atoms with E-state index in [0.29, 0.717) is 24.2 Å². The van der Waals surface area contributed by atoms with Gasteiger partial charge < -0.3 is 14.2 Å². The van der Waals surface area contributed by atoms with Crippen molar-refractivity contribution in [2.24, 2.45) is 7.05 Å². The van der Waals surface area contributed by atoms with E-state index in [-0.39, 0.29) is 22.2 Å². The highest BCUT2D eigenvalue weighted by Gasteiger charge is 2.31. The topological polar surface area (TPSA) is 101 Å². The molecule has 2 N–H and O–H groups in total. The van der Waals surface area contributed by atoms with E-state index in [4.69, 9.17) is 4.74 Å². The highest BCUT2D eigenvalue weighted by atomic mass is 79.9. The van der Waals surface area contributed by atoms with Gasteiger partial charge in [-0.3, -0.25) is 14.2 Å². The number of nitrogens with one attached hydrogen (secondary N) is 1. The third kappa shape index (κ3) is 3.96. The van der Waals surface area contributed by atoms with Gasteiger partial charge >= 0.3 is 7.67 Å². The van der Waals surface area contributed by atoms with Gasteiger partial charge in [0.15, 0.2) is 5.76 Å². The number of allylic oxidation sites excluding steroid dienone is 2. The van der Waals surface area contributed by atoms with Gasteiger partial charge in [-0.2, -0.15) is 0 Å². The van der Waals surface area contributed by atoms with Gasteiger partial charge in [-0.15, -0.1) is 0 Å². The highest BCUT2D eigenvalue weighted by molar-refractivity contribution is 9.09. The number of halogens is 1. The van der Waals surface area contributed by atoms with Crippen molar-refractivity contribution in [1.29, 1.82) is 0 Å². The lowest BCUT2D eigenvalue weighted by atomic mass is 10.0. The minimum absolute atomic E-state index is 0.0278. The average molecular weight is 434 g/mol. The van der Waals surface area contributed by atoms with Gasteiger partial charge in [-0.05, 0) is 20.2 Å². The molecule has 0 aliphatic heterocycles. The van der Waals surface area contributed by atoms with Gasteiger partial charge in [0, 0.05) is 36.6 Å². The molecule has 2 atom stereocenters. The normalized spacial score (nSPS) is 18.0. The van der Waals surface area contributed by atoms with E-state index >= 15 is 0 Å². The number of aromatic nitrogens is 1. The van der Waals surface area contributed by atoms with Crippen molar-refractivity contribution in [2.75, 3.05) is 27.7 Å². The zero-order valence-corrected chi connectivity index (χ0v) is 16.9. The van der Waals surface area contributed by atoms with Crippen LogP contribution in [0.25, 0.3) is 0 Å². The number of nitrogens with zero attached hydrogens (tertiary/aromatic N) is 2. The van der Waals surface area contributed by atoms with Crippen LogP contribution in [-0.2, 0) is 22.8 Å². The Balaban J connectivity index is 2.21. The molecule has 0 radical (unpaired) electrons. The van der Waals surface area contributed by atoms with Crippen molar-refractivity contribution < 1.29 is 23.8 Å². The first-order valence-electron chi connectivity index (χ1n) is 7.53. The van der Waals surface area contributed by atoms with Gasteiger partial charge in [-0.1, -0.05) is 15.9 Å². The lowest BCUT2D eigenvalue weighted by molar-refractivity contribution is 0.0914. The van der Waals surface area contributed by atoms with Gasteiger partial charge in [0.1, 0.15) is 5.69 Å². The summed E-state index contributed by atoms with van der Waals surface area (Å²) in [6.45, 7) is 0.300. The summed E-state index contributed by atoms with van der Waals surface area (Å²) in [6.07, 6.45) is 1.67. The fourth-order valence-electron chi connectivity index (χ4n) is 2.72. The first-order chi connectivity index (χ1) is 11.6. The molecule has 0 aromatic carbocycles. The Hall–Kier alpha value is -1.25. The second-order valence-corrected chi connectivity index (χ2v) is 9.29. The second-order valence-electron chi connectivity index (χ2n) is 5.77. The molecule has 0 spiro atoms. The number of fused-ring (bicyclic) bond motifs is 1. The molecule has 0 saturated carbocycles. The third-order valence-corrected chi connectivity index (χ3v) is 6.45. The molecule has 2 unspecified atom stereocenters. The number of hydrogen-bond donors (Lipinski definition) is 2. The van der Waals surface area contributed by atoms with Gasteiger partial charge in [0.25, 0.3) is 0 Å². The van der Waals surface area contributed by atoms with Gasteiger partial charge in [0.05, 0.1) is 12.7 Å². The van der Waals surface area contributed by atoms with Crippen LogP contribution in [0, 0.1) is 0 Å². The molecule has 2 rings (SSSR count). The van der Waals surface area contributed by atoms with Crippen LogP contribution >= 0.6 is 23.6 Å². The number of Topliss-reactive ketones (excluding diaryl/α,β-unsaturated/α-hetero) is 1. The van der Waals surface area contributed by atoms with E-state index < -0.39 is 7.67 Å². The maximum Gasteiger partial charge on any atom is 0.340 e. The van der Waals surface area contributed by atoms with E-state index in [1.165, 1.54) is 24.9 Å². The molecule has 25 heavy (non-hydrogen) atoms. The van der Waals surface area contributed by atoms with Crippen LogP contribution < -0.4 is 5.09 Å². The first-order valence-corrected chi connectivity index (χ1v) is 10.1. The Morgan fingerprint density at radius 3 is 2.68 bits per heavy atom. The van der Waals surface area contributed by atoms with Gasteiger partial charge in [0.2, 0.25) is 11.6 Å². The predicted molar refractivity (Wildman–Crippen MR) is 97.1 cm³/mol. The maximum atomic E-state index is 12.3. The summed E-state index contributed by atoms with van der Waals surface area (Å²) in [5.41, 5.74) is 1.42. The number of methoxy groups -OCH3 is 1. The number of rotatable bonds is 7. The Kier molecular flexibility index (Phi) is 6.06. The predicted octanol–water partition coefficient (Wildman–Crippen LogP) is 1.49. The molecular weight excluding hydrogens is 413 g/mol. The highest BCUT2D eigenvalue weighted by Crippen LogP contribution is 2.38. The number of hydrogen-bond acceptors (Lipinski definition) is 4. The Bertz CT molecular complexity index is 788. The van der Waals surface area contributed by atoms with E-state index in [0.717, 1.165) is 5.69 Å². The van der Waals surface area contributed by atoms with Crippen LogP contribution in [0.3, 0.4) is 0 Å². The van der Waals surface area contributed by atoms with Crippen LogP contribution in [0.1, 0.15) is 26.5 Å². The zero-order valence-electron chi connectivity index (χ0n) is 14.4. The molecule has 138 valence electrons. The zero-order chi connectivity index (χ0) is 18.9. The van der Waals surface area contributed by atoms with E-state index in [2.05, 4.69) is 21.0 Å². The van der Waals surface area contributed by atoms with Gasteiger partial charge in [-0.25, -0.2) is 9.76 Å². The molecule has 1 aliphatic rings. The Morgan fingerprint density at radius 2 is 2.12 bits per heavy atom. The monoisotopic (exact) mass is 433 g/mol. The fraction of sp³-hybridized carbons (Fsp3) is 0.467. The van der Waals surface area contributed by atoms with E-state index in [1.54, 1.807) is 24.7 Å². The third-order valence-electron chi connectivity index (χ3n) is 4.16. The molecule has 8 nitrogen and oxygen atoms in total. The largest absolute Gasteiger partial charge is 0.492 e. The summed E-state index contributed by atoms with van der Waals surface area (Å²) in [5, 5.41) is 2.39. The lowest BCUT2D eigenvalue weighted by Crippen LogP contribution is -2.29. The van der Waals surface area contributed by atoms with Crippen LogP contribution in [-0.4, -0.2) is 58.3 Å². The van der Waals surface area contributed by atoms with Crippen molar-refractivity contribution in [1.82, 2.24) is 14.3 Å². The van der Waals surface area contributed by atoms with Crippen molar-refractivity contribution >= 4 is 35.2 Å². The number of ketones is 2. The molecule has 10 heteroatoms. The SMILES string of the molecule is CNP(=O)(O)N(C)CC(Br)Cc1cc2c(n1C)C(=O)C=C(OC)C2=O. The van der Waals surface area contributed by atoms with Crippen molar-refractivity contribution in [3.63, 3.8) is 0 Å². The standard InChI is InChI=1S/C15H21BrN3O5P/c1-17-25(22,23)18(2)8-9(16)5-10-6-11-14(19(10)3)12(20)7-13(24-4)15(11)21/h6-7,9H,5,8H2,1-4H3,(H2,17,22,23). The second kappa shape index (κ2) is 7.55. The van der Waals surface area contributed by atoms with E-state index in [9.17, 15) is 19.0 Å². The Labute approximate surface area is 154 Å². The first kappa shape index (κ1) is 20.1. The minimum atomic E-state index is -3.56. The summed E-state index contributed by atoms with van der Waals surface area (Å²) in [5.74, 6) is -0.573. The molecule has 0 amide bonds. The van der Waals surface area contributed by atoms with Crippen LogP contribution in [0.2, 0.25) is 0 Å². The number of alkyl halides is 1. The molecule has 0 fully saturated rings. The molecule has 1 aromatic rings. The average Bonchev–Trinajstić information content (AvgIpc) is 2.88. The lowest BCUT2D eigenvalue weighted by Gasteiger charge is -2.24. The number of ether oxygens (including phenoxy) is 1. The summed E-state index contributed by atoms with van der Waals surface area (Å²) in [4.78, 5) is 34.2. The smallest absolute Gasteiger partial charge is 0.340 e. The number of carbonyl (C=O) groups is 2. The summed E-state index contributed by atoms with van der Waals surface area (Å²) in [6, 6.07) is 1.67. The van der Waals surface area contributed by atoms with Crippen molar-refractivity contribution in [3.05, 3.63) is 34.9 Å². The molecule has 0 saturated heterocycles. The molecular formula is C15H21BrN3O5P. The summed E-state index contributed by atoms with van der Waals surface area (Å²) in [7, 11) is 2.48. The van der Waals surface area contributed by atoms with Crippen molar-refractivity contribution in [3.8, 4) is 0 Å². The molecule has 1 aromatic heterocycles. The molecule has 1 aliphatic carbocycles. The van der Waals surface area contributed by atoms with Crippen LogP contribution in [0.4, 0.5) is 0 Å². The summed E-state index contributed by atoms with van der Waals surface area (Å²) >= 11 is 3.50. The fourth-order valence-corrected chi connectivity index (χ4v) is 4.47. The molecule has 1 heterocycles. The maximum absolute atomic E-state index is 12.3. The number of carbonyl (C=O) groups excluding carboxylic acids is 2. The van der Waals surface area contributed by atoms with Crippen molar-refractivity contribution in [2.45, 2.75) is 11.2 Å². The quantitative estimate of drug-likeness (QED) is 0.496.